The molecule has 1 aliphatic rings. The Labute approximate surface area is 178 Å². The third-order valence-electron chi connectivity index (χ3n) is 4.84. The fourth-order valence-electron chi connectivity index (χ4n) is 3.25. The monoisotopic (exact) mass is 440 g/mol. The molecule has 0 unspecified atom stereocenters. The summed E-state index contributed by atoms with van der Waals surface area (Å²) in [4.78, 5) is 26.5. The molecule has 1 heterocycles. The Kier molecular flexibility index (Phi) is 9.22. The van der Waals surface area contributed by atoms with E-state index in [1.54, 1.807) is 6.07 Å². The van der Waals surface area contributed by atoms with E-state index in [4.69, 9.17) is 9.88 Å². The lowest BCUT2D eigenvalue weighted by Crippen LogP contribution is -2.43. The van der Waals surface area contributed by atoms with E-state index in [1.165, 1.54) is 18.2 Å². The van der Waals surface area contributed by atoms with Gasteiger partial charge in [0.05, 0.1) is 17.5 Å². The normalized spacial score (nSPS) is 15.9. The first kappa shape index (κ1) is 24.3. The Bertz CT molecular complexity index is 820. The van der Waals surface area contributed by atoms with Gasteiger partial charge in [0.25, 0.3) is 0 Å². The van der Waals surface area contributed by atoms with E-state index < -0.39 is 10.0 Å². The zero-order valence-corrected chi connectivity index (χ0v) is 18.4. The summed E-state index contributed by atoms with van der Waals surface area (Å²) in [5.74, 6) is -0.222. The number of carbonyl (C=O) groups is 2. The second kappa shape index (κ2) is 11.4. The Morgan fingerprint density at radius 3 is 2.60 bits per heavy atom. The van der Waals surface area contributed by atoms with Crippen LogP contribution in [0.15, 0.2) is 29.2 Å². The average molecular weight is 441 g/mol. The minimum Gasteiger partial charge on any atom is -0.379 e. The number of piperidine rings is 1. The number of amides is 2. The SMILES string of the molecule is CC(C)OCCCNC(=O)C1CCN(CC(=O)Nc2cccc(S(N)(=O)=O)c2)CC1. The summed E-state index contributed by atoms with van der Waals surface area (Å²) in [6.45, 7) is 6.68. The van der Waals surface area contributed by atoms with Gasteiger partial charge in [-0.1, -0.05) is 6.07 Å². The van der Waals surface area contributed by atoms with Crippen molar-refractivity contribution < 1.29 is 22.7 Å². The standard InChI is InChI=1S/C20H32N4O5S/c1-15(2)29-12-4-9-22-20(26)16-7-10-24(11-8-16)14-19(25)23-17-5-3-6-18(13-17)30(21,27)28/h3,5-6,13,15-16H,4,7-12,14H2,1-2H3,(H,22,26)(H,23,25)(H2,21,27,28). The van der Waals surface area contributed by atoms with Crippen molar-refractivity contribution in [2.75, 3.05) is 38.1 Å². The molecule has 4 N–H and O–H groups in total. The number of nitrogens with two attached hydrogens (primary N) is 1. The molecule has 1 aromatic carbocycles. The van der Waals surface area contributed by atoms with Crippen LogP contribution in [0.5, 0.6) is 0 Å². The quantitative estimate of drug-likeness (QED) is 0.464. The van der Waals surface area contributed by atoms with Crippen LogP contribution < -0.4 is 15.8 Å². The molecular formula is C20H32N4O5S. The first-order valence-corrected chi connectivity index (χ1v) is 11.7. The van der Waals surface area contributed by atoms with Gasteiger partial charge < -0.3 is 15.4 Å². The Hall–Kier alpha value is -2.01. The Morgan fingerprint density at radius 1 is 1.27 bits per heavy atom. The molecule has 0 atom stereocenters. The summed E-state index contributed by atoms with van der Waals surface area (Å²) < 4.78 is 28.3. The van der Waals surface area contributed by atoms with Gasteiger partial charge in [-0.15, -0.1) is 0 Å². The molecule has 0 aliphatic carbocycles. The van der Waals surface area contributed by atoms with Crippen LogP contribution in [0.2, 0.25) is 0 Å². The molecule has 9 nitrogen and oxygen atoms in total. The molecule has 0 aromatic heterocycles. The first-order chi connectivity index (χ1) is 14.1. The number of ether oxygens (including phenoxy) is 1. The molecular weight excluding hydrogens is 408 g/mol. The molecule has 10 heteroatoms. The van der Waals surface area contributed by atoms with Gasteiger partial charge in [0.1, 0.15) is 0 Å². The number of benzene rings is 1. The smallest absolute Gasteiger partial charge is 0.238 e. The lowest BCUT2D eigenvalue weighted by molar-refractivity contribution is -0.126. The van der Waals surface area contributed by atoms with Crippen LogP contribution in [0.4, 0.5) is 5.69 Å². The highest BCUT2D eigenvalue weighted by molar-refractivity contribution is 7.89. The highest BCUT2D eigenvalue weighted by Gasteiger charge is 2.25. The third kappa shape index (κ3) is 8.39. The van der Waals surface area contributed by atoms with Gasteiger partial charge in [-0.3, -0.25) is 14.5 Å². The average Bonchev–Trinajstić information content (AvgIpc) is 2.67. The van der Waals surface area contributed by atoms with E-state index in [0.29, 0.717) is 44.8 Å². The Balaban J connectivity index is 1.70. The van der Waals surface area contributed by atoms with Gasteiger partial charge in [0.15, 0.2) is 0 Å². The van der Waals surface area contributed by atoms with Crippen molar-refractivity contribution >= 4 is 27.5 Å². The molecule has 0 saturated carbocycles. The number of likely N-dealkylation sites (tertiary alicyclic amines) is 1. The van der Waals surface area contributed by atoms with Crippen molar-refractivity contribution in [1.29, 1.82) is 0 Å². The van der Waals surface area contributed by atoms with E-state index in [2.05, 4.69) is 10.6 Å². The van der Waals surface area contributed by atoms with Crippen LogP contribution in [-0.4, -0.2) is 64.0 Å². The minimum atomic E-state index is -3.82. The van der Waals surface area contributed by atoms with Crippen LogP contribution in [0.1, 0.15) is 33.1 Å². The highest BCUT2D eigenvalue weighted by Crippen LogP contribution is 2.18. The number of hydrogen-bond donors (Lipinski definition) is 3. The predicted molar refractivity (Wildman–Crippen MR) is 114 cm³/mol. The van der Waals surface area contributed by atoms with E-state index >= 15 is 0 Å². The first-order valence-electron chi connectivity index (χ1n) is 10.2. The second-order valence-corrected chi connectivity index (χ2v) is 9.30. The second-order valence-electron chi connectivity index (χ2n) is 7.74. The summed E-state index contributed by atoms with van der Waals surface area (Å²) in [6.07, 6.45) is 2.38. The molecule has 0 radical (unpaired) electrons. The molecule has 0 bridgehead atoms. The number of nitrogens with one attached hydrogen (secondary N) is 2. The van der Waals surface area contributed by atoms with Crippen molar-refractivity contribution in [3.05, 3.63) is 24.3 Å². The summed E-state index contributed by atoms with van der Waals surface area (Å²) in [5.41, 5.74) is 0.377. The number of nitrogens with zero attached hydrogens (tertiary/aromatic N) is 1. The lowest BCUT2D eigenvalue weighted by Gasteiger charge is -2.30. The topological polar surface area (TPSA) is 131 Å². The van der Waals surface area contributed by atoms with E-state index in [1.807, 2.05) is 18.7 Å². The van der Waals surface area contributed by atoms with Crippen molar-refractivity contribution in [2.24, 2.45) is 11.1 Å². The minimum absolute atomic E-state index is 0.0400. The van der Waals surface area contributed by atoms with Gasteiger partial charge in [0.2, 0.25) is 21.8 Å². The Morgan fingerprint density at radius 2 is 1.97 bits per heavy atom. The molecule has 30 heavy (non-hydrogen) atoms. The molecule has 1 aliphatic heterocycles. The van der Waals surface area contributed by atoms with Crippen LogP contribution >= 0.6 is 0 Å². The maximum atomic E-state index is 12.3. The van der Waals surface area contributed by atoms with Crippen molar-refractivity contribution in [2.45, 2.75) is 44.1 Å². The largest absolute Gasteiger partial charge is 0.379 e. The number of primary sulfonamides is 1. The summed E-state index contributed by atoms with van der Waals surface area (Å²) in [6, 6.07) is 5.83. The molecule has 1 aromatic rings. The summed E-state index contributed by atoms with van der Waals surface area (Å²) in [7, 11) is -3.82. The summed E-state index contributed by atoms with van der Waals surface area (Å²) >= 11 is 0. The molecule has 168 valence electrons. The van der Waals surface area contributed by atoms with Gasteiger partial charge >= 0.3 is 0 Å². The molecule has 1 saturated heterocycles. The fourth-order valence-corrected chi connectivity index (χ4v) is 3.81. The number of rotatable bonds is 10. The van der Waals surface area contributed by atoms with E-state index in [-0.39, 0.29) is 35.3 Å². The van der Waals surface area contributed by atoms with Crippen molar-refractivity contribution in [3.63, 3.8) is 0 Å². The van der Waals surface area contributed by atoms with Crippen LogP contribution in [0.3, 0.4) is 0 Å². The molecule has 0 spiro atoms. The number of hydrogen-bond acceptors (Lipinski definition) is 6. The zero-order valence-electron chi connectivity index (χ0n) is 17.6. The molecule has 2 rings (SSSR count). The van der Waals surface area contributed by atoms with Crippen molar-refractivity contribution in [3.8, 4) is 0 Å². The van der Waals surface area contributed by atoms with Crippen LogP contribution in [0.25, 0.3) is 0 Å². The number of anilines is 1. The predicted octanol–water partition coefficient (Wildman–Crippen LogP) is 0.916. The van der Waals surface area contributed by atoms with Gasteiger partial charge in [-0.2, -0.15) is 0 Å². The maximum Gasteiger partial charge on any atom is 0.238 e. The van der Waals surface area contributed by atoms with Gasteiger partial charge in [0, 0.05) is 24.8 Å². The van der Waals surface area contributed by atoms with E-state index in [0.717, 1.165) is 6.42 Å². The van der Waals surface area contributed by atoms with Gasteiger partial charge in [-0.25, -0.2) is 13.6 Å². The summed E-state index contributed by atoms with van der Waals surface area (Å²) in [5, 5.41) is 10.8. The van der Waals surface area contributed by atoms with Gasteiger partial charge in [-0.05, 0) is 64.4 Å². The third-order valence-corrected chi connectivity index (χ3v) is 5.75. The molecule has 1 fully saturated rings. The molecule has 2 amide bonds. The lowest BCUT2D eigenvalue weighted by atomic mass is 9.96. The fraction of sp³-hybridized carbons (Fsp3) is 0.600. The highest BCUT2D eigenvalue weighted by atomic mass is 32.2. The number of sulfonamides is 1. The van der Waals surface area contributed by atoms with Crippen LogP contribution in [-0.2, 0) is 24.3 Å². The van der Waals surface area contributed by atoms with E-state index in [9.17, 15) is 18.0 Å². The maximum absolute atomic E-state index is 12.3. The number of carbonyl (C=O) groups excluding carboxylic acids is 2. The van der Waals surface area contributed by atoms with Crippen LogP contribution in [0, 0.1) is 5.92 Å². The van der Waals surface area contributed by atoms with Crippen molar-refractivity contribution in [1.82, 2.24) is 10.2 Å². The zero-order chi connectivity index (χ0) is 22.1.